The zero-order valence-corrected chi connectivity index (χ0v) is 8.87. The van der Waals surface area contributed by atoms with Crippen LogP contribution in [0.15, 0.2) is 30.5 Å². The number of pyridine rings is 1. The fourth-order valence-electron chi connectivity index (χ4n) is 1.22. The molecule has 0 spiro atoms. The minimum absolute atomic E-state index is 1.07. The summed E-state index contributed by atoms with van der Waals surface area (Å²) >= 11 is 2.31. The molecule has 0 saturated carbocycles. The van der Waals surface area contributed by atoms with Gasteiger partial charge in [-0.2, -0.15) is 0 Å². The molecule has 12 heavy (non-hydrogen) atoms. The molecular formula is C10H8IN. The molecule has 0 aliphatic rings. The van der Waals surface area contributed by atoms with E-state index in [1.165, 1.54) is 14.3 Å². The summed E-state index contributed by atoms with van der Waals surface area (Å²) in [5.41, 5.74) is 1.07. The molecule has 2 aromatic rings. The maximum absolute atomic E-state index is 4.25. The van der Waals surface area contributed by atoms with Crippen molar-refractivity contribution >= 4 is 33.4 Å². The molecule has 1 heterocycles. The molecule has 0 amide bonds. The molecule has 1 aromatic heterocycles. The topological polar surface area (TPSA) is 12.9 Å². The molecule has 0 radical (unpaired) electrons. The van der Waals surface area contributed by atoms with Gasteiger partial charge >= 0.3 is 0 Å². The van der Waals surface area contributed by atoms with Crippen molar-refractivity contribution in [2.75, 3.05) is 0 Å². The highest BCUT2D eigenvalue weighted by Gasteiger charge is 1.94. The number of rotatable bonds is 0. The number of aromatic nitrogens is 1. The number of aryl methyl sites for hydroxylation is 1. The molecule has 0 saturated heterocycles. The predicted molar refractivity (Wildman–Crippen MR) is 59.2 cm³/mol. The number of fused-ring (bicyclic) bond motifs is 1. The zero-order chi connectivity index (χ0) is 8.55. The first-order valence-electron chi connectivity index (χ1n) is 3.77. The van der Waals surface area contributed by atoms with Crippen LogP contribution in [-0.4, -0.2) is 4.98 Å². The molecule has 1 aromatic carbocycles. The van der Waals surface area contributed by atoms with Gasteiger partial charge in [-0.15, -0.1) is 0 Å². The molecule has 0 fully saturated rings. The van der Waals surface area contributed by atoms with E-state index in [4.69, 9.17) is 0 Å². The molecule has 60 valence electrons. The third-order valence-electron chi connectivity index (χ3n) is 1.82. The number of nitrogens with zero attached hydrogens (tertiary/aromatic N) is 1. The Hall–Kier alpha value is -0.640. The highest BCUT2D eigenvalue weighted by molar-refractivity contribution is 14.1. The van der Waals surface area contributed by atoms with Crippen molar-refractivity contribution in [2.24, 2.45) is 0 Å². The van der Waals surface area contributed by atoms with E-state index in [1.807, 2.05) is 13.1 Å². The van der Waals surface area contributed by atoms with Gasteiger partial charge < -0.3 is 0 Å². The van der Waals surface area contributed by atoms with Gasteiger partial charge in [-0.3, -0.25) is 4.98 Å². The minimum atomic E-state index is 1.07. The Morgan fingerprint density at radius 2 is 2.00 bits per heavy atom. The van der Waals surface area contributed by atoms with Gasteiger partial charge in [0.1, 0.15) is 0 Å². The summed E-state index contributed by atoms with van der Waals surface area (Å²) in [6, 6.07) is 8.49. The normalized spacial score (nSPS) is 10.5. The van der Waals surface area contributed by atoms with Crippen molar-refractivity contribution in [3.63, 3.8) is 0 Å². The highest BCUT2D eigenvalue weighted by atomic mass is 127. The van der Waals surface area contributed by atoms with Gasteiger partial charge in [0.2, 0.25) is 0 Å². The molecule has 0 unspecified atom stereocenters. The van der Waals surface area contributed by atoms with Crippen LogP contribution >= 0.6 is 22.6 Å². The van der Waals surface area contributed by atoms with Crippen LogP contribution in [-0.2, 0) is 0 Å². The second-order valence-electron chi connectivity index (χ2n) is 2.82. The molecule has 2 rings (SSSR count). The van der Waals surface area contributed by atoms with Crippen molar-refractivity contribution in [1.82, 2.24) is 4.98 Å². The first-order valence-corrected chi connectivity index (χ1v) is 4.85. The maximum Gasteiger partial charge on any atom is 0.0379 e. The van der Waals surface area contributed by atoms with E-state index >= 15 is 0 Å². The van der Waals surface area contributed by atoms with Gasteiger partial charge in [-0.05, 0) is 53.1 Å². The van der Waals surface area contributed by atoms with Crippen molar-refractivity contribution < 1.29 is 0 Å². The fraction of sp³-hybridized carbons (Fsp3) is 0.100. The Labute approximate surface area is 85.0 Å². The lowest BCUT2D eigenvalue weighted by Crippen LogP contribution is -1.81. The monoisotopic (exact) mass is 269 g/mol. The summed E-state index contributed by atoms with van der Waals surface area (Å²) in [5.74, 6) is 0. The third-order valence-corrected chi connectivity index (χ3v) is 2.49. The largest absolute Gasteiger partial charge is 0.261 e. The first-order chi connectivity index (χ1) is 5.75. The predicted octanol–water partition coefficient (Wildman–Crippen LogP) is 3.15. The quantitative estimate of drug-likeness (QED) is 0.669. The van der Waals surface area contributed by atoms with Gasteiger partial charge in [0, 0.05) is 20.8 Å². The van der Waals surface area contributed by atoms with Gasteiger partial charge in [0.05, 0.1) is 0 Å². The van der Waals surface area contributed by atoms with Crippen molar-refractivity contribution in [1.29, 1.82) is 0 Å². The number of hydrogen-bond acceptors (Lipinski definition) is 1. The minimum Gasteiger partial charge on any atom is -0.261 e. The van der Waals surface area contributed by atoms with E-state index in [0.29, 0.717) is 0 Å². The van der Waals surface area contributed by atoms with E-state index < -0.39 is 0 Å². The maximum atomic E-state index is 4.25. The lowest BCUT2D eigenvalue weighted by Gasteiger charge is -1.98. The Morgan fingerprint density at radius 3 is 2.83 bits per heavy atom. The van der Waals surface area contributed by atoms with Crippen molar-refractivity contribution in [3.05, 3.63) is 39.7 Å². The second kappa shape index (κ2) is 3.01. The Bertz CT molecular complexity index is 382. The first kappa shape index (κ1) is 7.98. The van der Waals surface area contributed by atoms with Crippen LogP contribution in [0.4, 0.5) is 0 Å². The number of hydrogen-bond donors (Lipinski definition) is 0. The fourth-order valence-corrected chi connectivity index (χ4v) is 1.74. The molecule has 1 nitrogen and oxygen atoms in total. The van der Waals surface area contributed by atoms with E-state index in [2.05, 4.69) is 51.8 Å². The average molecular weight is 269 g/mol. The van der Waals surface area contributed by atoms with Gasteiger partial charge in [0.25, 0.3) is 0 Å². The zero-order valence-electron chi connectivity index (χ0n) is 6.71. The number of benzene rings is 1. The van der Waals surface area contributed by atoms with E-state index in [-0.39, 0.29) is 0 Å². The molecule has 0 atom stereocenters. The van der Waals surface area contributed by atoms with Gasteiger partial charge in [0.15, 0.2) is 0 Å². The third kappa shape index (κ3) is 1.43. The van der Waals surface area contributed by atoms with Crippen molar-refractivity contribution in [2.45, 2.75) is 6.92 Å². The SMILES string of the molecule is Cc1cc2ccc(I)cc2cn1. The lowest BCUT2D eigenvalue weighted by atomic mass is 10.1. The lowest BCUT2D eigenvalue weighted by molar-refractivity contribution is 1.22. The number of halogens is 1. The molecule has 0 bridgehead atoms. The Kier molecular flexibility index (Phi) is 2.00. The van der Waals surface area contributed by atoms with Crippen LogP contribution < -0.4 is 0 Å². The van der Waals surface area contributed by atoms with Gasteiger partial charge in [-0.1, -0.05) is 6.07 Å². The van der Waals surface area contributed by atoms with Crippen LogP contribution in [0.25, 0.3) is 10.8 Å². The summed E-state index contributed by atoms with van der Waals surface area (Å²) in [7, 11) is 0. The van der Waals surface area contributed by atoms with E-state index in [9.17, 15) is 0 Å². The van der Waals surface area contributed by atoms with Gasteiger partial charge in [-0.25, -0.2) is 0 Å². The van der Waals surface area contributed by atoms with Crippen LogP contribution in [0.2, 0.25) is 0 Å². The van der Waals surface area contributed by atoms with Crippen LogP contribution in [0.5, 0.6) is 0 Å². The summed E-state index contributed by atoms with van der Waals surface area (Å²) < 4.78 is 1.26. The average Bonchev–Trinajstić information content (AvgIpc) is 2.05. The smallest absolute Gasteiger partial charge is 0.0379 e. The molecule has 0 N–H and O–H groups in total. The van der Waals surface area contributed by atoms with E-state index in [0.717, 1.165) is 5.69 Å². The van der Waals surface area contributed by atoms with Crippen molar-refractivity contribution in [3.8, 4) is 0 Å². The summed E-state index contributed by atoms with van der Waals surface area (Å²) in [5, 5.41) is 2.48. The van der Waals surface area contributed by atoms with E-state index in [1.54, 1.807) is 0 Å². The Morgan fingerprint density at radius 1 is 1.17 bits per heavy atom. The molecule has 0 aliphatic heterocycles. The Balaban J connectivity index is 2.79. The summed E-state index contributed by atoms with van der Waals surface area (Å²) in [6.45, 7) is 2.01. The highest BCUT2D eigenvalue weighted by Crippen LogP contribution is 2.16. The summed E-state index contributed by atoms with van der Waals surface area (Å²) in [6.07, 6.45) is 1.92. The molecule has 0 aliphatic carbocycles. The standard InChI is InChI=1S/C10H8IN/c1-7-4-8-2-3-10(11)5-9(8)6-12-7/h2-6H,1H3. The second-order valence-corrected chi connectivity index (χ2v) is 4.06. The van der Waals surface area contributed by atoms with Crippen LogP contribution in [0.1, 0.15) is 5.69 Å². The van der Waals surface area contributed by atoms with Crippen LogP contribution in [0, 0.1) is 10.5 Å². The molecular weight excluding hydrogens is 261 g/mol. The molecule has 2 heteroatoms. The van der Waals surface area contributed by atoms with Crippen LogP contribution in [0.3, 0.4) is 0 Å². The summed E-state index contributed by atoms with van der Waals surface area (Å²) in [4.78, 5) is 4.25.